The molecule has 196 valence electrons. The monoisotopic (exact) mass is 495 g/mol. The smallest absolute Gasteiger partial charge is 0.418 e. The van der Waals surface area contributed by atoms with E-state index in [1.165, 1.54) is 45.6 Å². The average molecular weight is 496 g/mol. The minimum absolute atomic E-state index is 0. The first kappa shape index (κ1) is 30.3. The number of alkyl halides is 3. The van der Waals surface area contributed by atoms with E-state index in [2.05, 4.69) is 11.9 Å². The Morgan fingerprint density at radius 2 is 1.80 bits per heavy atom. The van der Waals surface area contributed by atoms with E-state index in [9.17, 15) is 22.8 Å². The van der Waals surface area contributed by atoms with Gasteiger partial charge < -0.3 is 9.21 Å². The van der Waals surface area contributed by atoms with Gasteiger partial charge in [0, 0.05) is 30.9 Å². The standard InChI is InChI=1S/C15H12F3NO.C10H20O.C3H6O.H2/c1-2-12-6-11-5-10(9-3-4-20-8-9)7-13(14(11)19-12)15(16,17)18;1-4-6-7-8-9(3)10(11)5-2;1-3(2)4;/h3-8,11H,2H2,1H3;9H,4-8H2,1-3H3;1-2H3;1H. The number of fused-ring (bicyclic) bond motifs is 1. The minimum atomic E-state index is -4.41. The fourth-order valence-electron chi connectivity index (χ4n) is 3.63. The number of carbonyl (C=O) groups excluding carboxylic acids is 2. The second-order valence-electron chi connectivity index (χ2n) is 8.85. The number of allylic oxidation sites excluding steroid dienone is 6. The molecule has 0 bridgehead atoms. The van der Waals surface area contributed by atoms with Crippen LogP contribution in [0.15, 0.2) is 57.5 Å². The van der Waals surface area contributed by atoms with Gasteiger partial charge in [0.15, 0.2) is 0 Å². The van der Waals surface area contributed by atoms with Crippen LogP contribution in [0.4, 0.5) is 13.2 Å². The first-order valence-corrected chi connectivity index (χ1v) is 12.3. The van der Waals surface area contributed by atoms with Crippen LogP contribution < -0.4 is 0 Å². The summed E-state index contributed by atoms with van der Waals surface area (Å²) >= 11 is 0. The molecular weight excluding hydrogens is 455 g/mol. The lowest BCUT2D eigenvalue weighted by Gasteiger charge is -2.20. The third-order valence-electron chi connectivity index (χ3n) is 5.55. The van der Waals surface area contributed by atoms with Crippen LogP contribution >= 0.6 is 0 Å². The molecule has 1 aromatic heterocycles. The molecule has 0 saturated carbocycles. The van der Waals surface area contributed by atoms with Crippen molar-refractivity contribution in [3.63, 3.8) is 0 Å². The topological polar surface area (TPSA) is 59.6 Å². The molecule has 1 aromatic rings. The van der Waals surface area contributed by atoms with Crippen molar-refractivity contribution in [1.82, 2.24) is 0 Å². The van der Waals surface area contributed by atoms with Crippen molar-refractivity contribution in [1.29, 1.82) is 0 Å². The van der Waals surface area contributed by atoms with Gasteiger partial charge in [-0.15, -0.1) is 0 Å². The number of Topliss-reactive ketones (excluding diaryl/α,β-unsaturated/α-hetero) is 2. The number of halogens is 3. The molecule has 35 heavy (non-hydrogen) atoms. The van der Waals surface area contributed by atoms with Crippen LogP contribution in [0.3, 0.4) is 0 Å². The van der Waals surface area contributed by atoms with E-state index in [0.717, 1.165) is 12.5 Å². The predicted molar refractivity (Wildman–Crippen MR) is 137 cm³/mol. The Kier molecular flexibility index (Phi) is 12.7. The molecule has 1 aliphatic carbocycles. The van der Waals surface area contributed by atoms with Crippen LogP contribution in [-0.2, 0) is 9.59 Å². The van der Waals surface area contributed by atoms with Crippen LogP contribution in [0.5, 0.6) is 0 Å². The van der Waals surface area contributed by atoms with Crippen LogP contribution in [0.2, 0.25) is 0 Å². The third-order valence-corrected chi connectivity index (χ3v) is 5.55. The average Bonchev–Trinajstić information content (AvgIpc) is 3.47. The second-order valence-corrected chi connectivity index (χ2v) is 8.85. The van der Waals surface area contributed by atoms with Crippen molar-refractivity contribution in [2.24, 2.45) is 16.8 Å². The van der Waals surface area contributed by atoms with Gasteiger partial charge in [-0.3, -0.25) is 9.79 Å². The first-order chi connectivity index (χ1) is 16.4. The van der Waals surface area contributed by atoms with Gasteiger partial charge in [0.1, 0.15) is 11.6 Å². The maximum absolute atomic E-state index is 13.2. The highest BCUT2D eigenvalue weighted by Gasteiger charge is 2.42. The normalized spacial score (nSPS) is 17.3. The Morgan fingerprint density at radius 3 is 2.29 bits per heavy atom. The maximum Gasteiger partial charge on any atom is 0.418 e. The Labute approximate surface area is 208 Å². The number of ketones is 2. The Morgan fingerprint density at radius 1 is 1.14 bits per heavy atom. The van der Waals surface area contributed by atoms with E-state index in [4.69, 9.17) is 4.42 Å². The van der Waals surface area contributed by atoms with Gasteiger partial charge >= 0.3 is 6.18 Å². The Bertz CT molecular complexity index is 953. The van der Waals surface area contributed by atoms with Crippen molar-refractivity contribution in [3.8, 4) is 0 Å². The van der Waals surface area contributed by atoms with Gasteiger partial charge in [0.25, 0.3) is 0 Å². The summed E-state index contributed by atoms with van der Waals surface area (Å²) in [5, 5.41) is 0. The summed E-state index contributed by atoms with van der Waals surface area (Å²) in [7, 11) is 0. The van der Waals surface area contributed by atoms with Crippen molar-refractivity contribution in [2.45, 2.75) is 86.2 Å². The highest BCUT2D eigenvalue weighted by atomic mass is 19.4. The molecule has 0 radical (unpaired) electrons. The SMILES string of the molecule is CC(C)=O.CCC1=CC2C=C(c3ccoc3)C=C(C(F)(F)F)C2=N1.CCCCCC(C)C(=O)CC.[HH]. The van der Waals surface area contributed by atoms with Crippen LogP contribution in [0.1, 0.15) is 87.1 Å². The summed E-state index contributed by atoms with van der Waals surface area (Å²) in [4.78, 5) is 24.7. The zero-order valence-corrected chi connectivity index (χ0v) is 21.7. The van der Waals surface area contributed by atoms with Crippen molar-refractivity contribution >= 4 is 22.9 Å². The van der Waals surface area contributed by atoms with Gasteiger partial charge in [-0.2, -0.15) is 13.2 Å². The number of nitrogens with zero attached hydrogens (tertiary/aromatic N) is 1. The highest BCUT2D eigenvalue weighted by Crippen LogP contribution is 2.40. The number of carbonyl (C=O) groups is 2. The van der Waals surface area contributed by atoms with Crippen molar-refractivity contribution in [3.05, 3.63) is 53.7 Å². The lowest BCUT2D eigenvalue weighted by atomic mass is 9.87. The van der Waals surface area contributed by atoms with E-state index in [-0.39, 0.29) is 12.9 Å². The van der Waals surface area contributed by atoms with E-state index in [0.29, 0.717) is 41.4 Å². The maximum atomic E-state index is 13.2. The summed E-state index contributed by atoms with van der Waals surface area (Å²) < 4.78 is 44.6. The van der Waals surface area contributed by atoms with Crippen molar-refractivity contribution in [2.75, 3.05) is 0 Å². The molecule has 4 nitrogen and oxygen atoms in total. The Hall–Kier alpha value is -2.70. The fourth-order valence-corrected chi connectivity index (χ4v) is 3.63. The molecule has 1 aliphatic heterocycles. The molecule has 0 aromatic carbocycles. The number of hydrogen-bond acceptors (Lipinski definition) is 4. The largest absolute Gasteiger partial charge is 0.472 e. The molecule has 0 amide bonds. The molecule has 0 saturated heterocycles. The number of furan rings is 1. The zero-order chi connectivity index (χ0) is 26.6. The lowest BCUT2D eigenvalue weighted by molar-refractivity contribution is -0.122. The number of unbranched alkanes of at least 4 members (excludes halogenated alkanes) is 2. The molecule has 0 fully saturated rings. The summed E-state index contributed by atoms with van der Waals surface area (Å²) in [6.07, 6.45) is 9.34. The van der Waals surface area contributed by atoms with Gasteiger partial charge in [-0.05, 0) is 44.4 Å². The van der Waals surface area contributed by atoms with E-state index in [1.807, 2.05) is 20.8 Å². The zero-order valence-electron chi connectivity index (χ0n) is 21.7. The van der Waals surface area contributed by atoms with Gasteiger partial charge in [0.2, 0.25) is 0 Å². The second kappa shape index (κ2) is 14.6. The molecule has 0 N–H and O–H groups in total. The van der Waals surface area contributed by atoms with E-state index < -0.39 is 17.7 Å². The van der Waals surface area contributed by atoms with Crippen LogP contribution in [0.25, 0.3) is 5.57 Å². The minimum Gasteiger partial charge on any atom is -0.472 e. The Balaban J connectivity index is 0.000000654. The predicted octanol–water partition coefficient (Wildman–Crippen LogP) is 8.55. The molecular formula is C28H40F3NO3. The summed E-state index contributed by atoms with van der Waals surface area (Å²) in [6.45, 7) is 11.1. The quantitative estimate of drug-likeness (QED) is 0.339. The summed E-state index contributed by atoms with van der Waals surface area (Å²) in [5.74, 6) is 0.476. The van der Waals surface area contributed by atoms with E-state index in [1.54, 1.807) is 18.2 Å². The van der Waals surface area contributed by atoms with Gasteiger partial charge in [-0.25, -0.2) is 0 Å². The number of rotatable bonds is 8. The summed E-state index contributed by atoms with van der Waals surface area (Å²) in [6, 6.07) is 1.65. The fraction of sp³-hybridized carbons (Fsp3) is 0.536. The van der Waals surface area contributed by atoms with E-state index >= 15 is 0 Å². The van der Waals surface area contributed by atoms with Crippen molar-refractivity contribution < 1.29 is 28.6 Å². The number of hydrogen-bond donors (Lipinski definition) is 0. The molecule has 2 unspecified atom stereocenters. The number of aliphatic imine (C=N–C) groups is 1. The molecule has 2 atom stereocenters. The van der Waals surface area contributed by atoms with Gasteiger partial charge in [0.05, 0.1) is 23.8 Å². The molecule has 2 heterocycles. The lowest BCUT2D eigenvalue weighted by Crippen LogP contribution is -2.25. The third kappa shape index (κ3) is 10.2. The van der Waals surface area contributed by atoms with Gasteiger partial charge in [-0.1, -0.05) is 59.1 Å². The molecule has 7 heteroatoms. The van der Waals surface area contributed by atoms with Crippen LogP contribution in [-0.4, -0.2) is 23.5 Å². The summed E-state index contributed by atoms with van der Waals surface area (Å²) in [5.41, 5.74) is 1.29. The first-order valence-electron chi connectivity index (χ1n) is 12.3. The highest BCUT2D eigenvalue weighted by molar-refractivity contribution is 6.11. The molecule has 3 rings (SSSR count). The molecule has 2 aliphatic rings. The molecule has 0 spiro atoms. The van der Waals surface area contributed by atoms with Crippen LogP contribution in [0, 0.1) is 11.8 Å².